The number of rotatable bonds is 3. The minimum atomic E-state index is 0.812. The second-order valence-corrected chi connectivity index (χ2v) is 3.60. The molecule has 70 valence electrons. The molecule has 0 aromatic carbocycles. The third kappa shape index (κ3) is 2.38. The first-order valence-electron chi connectivity index (χ1n) is 4.97. The summed E-state index contributed by atoms with van der Waals surface area (Å²) in [7, 11) is 0. The predicted octanol–water partition coefficient (Wildman–Crippen LogP) is 2.39. The van der Waals surface area contributed by atoms with Crippen LogP contribution in [0.5, 0.6) is 0 Å². The van der Waals surface area contributed by atoms with Crippen LogP contribution in [-0.2, 0) is 0 Å². The first-order chi connectivity index (χ1) is 6.45. The Morgan fingerprint density at radius 2 is 2.08 bits per heavy atom. The van der Waals surface area contributed by atoms with E-state index in [1.54, 1.807) is 0 Å². The Kier molecular flexibility index (Phi) is 2.70. The zero-order valence-electron chi connectivity index (χ0n) is 7.82. The SMILES string of the molecule is C1=CCC(CNn2cccc2)CC1. The number of nitrogens with one attached hydrogen (secondary N) is 1. The number of aromatic nitrogens is 1. The largest absolute Gasteiger partial charge is 0.326 e. The molecule has 1 N–H and O–H groups in total. The molecular formula is C11H16N2. The highest BCUT2D eigenvalue weighted by molar-refractivity contribution is 4.96. The van der Waals surface area contributed by atoms with Gasteiger partial charge in [0.25, 0.3) is 0 Å². The lowest BCUT2D eigenvalue weighted by Crippen LogP contribution is -2.21. The van der Waals surface area contributed by atoms with Crippen LogP contribution >= 0.6 is 0 Å². The maximum absolute atomic E-state index is 3.38. The van der Waals surface area contributed by atoms with Crippen molar-refractivity contribution in [2.24, 2.45) is 5.92 Å². The molecule has 1 atom stereocenters. The third-order valence-electron chi connectivity index (χ3n) is 2.54. The molecule has 1 aromatic rings. The molecule has 0 bridgehead atoms. The molecule has 1 heterocycles. The van der Waals surface area contributed by atoms with Crippen molar-refractivity contribution in [3.63, 3.8) is 0 Å². The Labute approximate surface area is 79.2 Å². The van der Waals surface area contributed by atoms with Gasteiger partial charge in [-0.2, -0.15) is 0 Å². The molecule has 1 aromatic heterocycles. The molecule has 2 heteroatoms. The highest BCUT2D eigenvalue weighted by atomic mass is 15.4. The van der Waals surface area contributed by atoms with Crippen LogP contribution in [0.4, 0.5) is 0 Å². The van der Waals surface area contributed by atoms with Gasteiger partial charge in [0.1, 0.15) is 0 Å². The average molecular weight is 176 g/mol. The molecule has 1 aliphatic rings. The number of hydrogen-bond acceptors (Lipinski definition) is 1. The van der Waals surface area contributed by atoms with Gasteiger partial charge in [0, 0.05) is 18.9 Å². The second-order valence-electron chi connectivity index (χ2n) is 3.60. The summed E-state index contributed by atoms with van der Waals surface area (Å²) in [5.41, 5.74) is 3.38. The smallest absolute Gasteiger partial charge is 0.0345 e. The molecule has 0 radical (unpaired) electrons. The zero-order chi connectivity index (χ0) is 8.93. The predicted molar refractivity (Wildman–Crippen MR) is 55.1 cm³/mol. The Morgan fingerprint density at radius 1 is 1.23 bits per heavy atom. The fraction of sp³-hybridized carbons (Fsp3) is 0.455. The van der Waals surface area contributed by atoms with Gasteiger partial charge >= 0.3 is 0 Å². The van der Waals surface area contributed by atoms with E-state index in [2.05, 4.69) is 17.6 Å². The van der Waals surface area contributed by atoms with Crippen LogP contribution in [0.2, 0.25) is 0 Å². The Bertz CT molecular complexity index is 262. The van der Waals surface area contributed by atoms with Crippen molar-refractivity contribution < 1.29 is 0 Å². The van der Waals surface area contributed by atoms with E-state index >= 15 is 0 Å². The summed E-state index contributed by atoms with van der Waals surface area (Å²) in [5, 5.41) is 0. The molecule has 0 saturated heterocycles. The fourth-order valence-electron chi connectivity index (χ4n) is 1.72. The van der Waals surface area contributed by atoms with Crippen molar-refractivity contribution in [2.75, 3.05) is 12.0 Å². The maximum Gasteiger partial charge on any atom is 0.0345 e. The van der Waals surface area contributed by atoms with Crippen LogP contribution in [0.15, 0.2) is 36.7 Å². The van der Waals surface area contributed by atoms with Crippen molar-refractivity contribution in [1.29, 1.82) is 0 Å². The lowest BCUT2D eigenvalue weighted by molar-refractivity contribution is 0.487. The van der Waals surface area contributed by atoms with E-state index in [1.807, 2.05) is 29.2 Å². The fourth-order valence-corrected chi connectivity index (χ4v) is 1.72. The van der Waals surface area contributed by atoms with Crippen LogP contribution < -0.4 is 5.43 Å². The molecule has 2 nitrogen and oxygen atoms in total. The van der Waals surface area contributed by atoms with Gasteiger partial charge in [0.05, 0.1) is 0 Å². The summed E-state index contributed by atoms with van der Waals surface area (Å²) < 4.78 is 2.03. The minimum Gasteiger partial charge on any atom is -0.326 e. The summed E-state index contributed by atoms with van der Waals surface area (Å²) in [6.07, 6.45) is 12.5. The van der Waals surface area contributed by atoms with Crippen molar-refractivity contribution in [3.8, 4) is 0 Å². The normalized spacial score (nSPS) is 21.7. The van der Waals surface area contributed by atoms with E-state index in [4.69, 9.17) is 0 Å². The topological polar surface area (TPSA) is 17.0 Å². The lowest BCUT2D eigenvalue weighted by atomic mass is 9.95. The molecule has 13 heavy (non-hydrogen) atoms. The summed E-state index contributed by atoms with van der Waals surface area (Å²) in [4.78, 5) is 0. The van der Waals surface area contributed by atoms with E-state index in [-0.39, 0.29) is 0 Å². The summed E-state index contributed by atoms with van der Waals surface area (Å²) >= 11 is 0. The first kappa shape index (κ1) is 8.42. The summed E-state index contributed by atoms with van der Waals surface area (Å²) in [6, 6.07) is 4.07. The van der Waals surface area contributed by atoms with Gasteiger partial charge in [0.15, 0.2) is 0 Å². The summed E-state index contributed by atoms with van der Waals surface area (Å²) in [5.74, 6) is 0.812. The van der Waals surface area contributed by atoms with Gasteiger partial charge in [-0.1, -0.05) is 12.2 Å². The highest BCUT2D eigenvalue weighted by Gasteiger charge is 2.08. The van der Waals surface area contributed by atoms with Crippen molar-refractivity contribution >= 4 is 0 Å². The van der Waals surface area contributed by atoms with Crippen LogP contribution in [-0.4, -0.2) is 11.2 Å². The molecule has 0 fully saturated rings. The molecule has 1 aliphatic carbocycles. The molecule has 0 spiro atoms. The van der Waals surface area contributed by atoms with Gasteiger partial charge in [-0.05, 0) is 37.3 Å². The van der Waals surface area contributed by atoms with Gasteiger partial charge < -0.3 is 5.43 Å². The lowest BCUT2D eigenvalue weighted by Gasteiger charge is -2.19. The second kappa shape index (κ2) is 4.17. The van der Waals surface area contributed by atoms with E-state index in [1.165, 1.54) is 19.3 Å². The van der Waals surface area contributed by atoms with Gasteiger partial charge in [-0.3, -0.25) is 4.68 Å². The minimum absolute atomic E-state index is 0.812. The van der Waals surface area contributed by atoms with Crippen molar-refractivity contribution in [1.82, 2.24) is 4.68 Å². The van der Waals surface area contributed by atoms with Crippen molar-refractivity contribution in [3.05, 3.63) is 36.7 Å². The molecule has 2 rings (SSSR count). The maximum atomic E-state index is 3.38. The number of hydrogen-bond donors (Lipinski definition) is 1. The quantitative estimate of drug-likeness (QED) is 0.700. The molecule has 0 amide bonds. The van der Waals surface area contributed by atoms with Crippen molar-refractivity contribution in [2.45, 2.75) is 19.3 Å². The van der Waals surface area contributed by atoms with Crippen LogP contribution in [0.3, 0.4) is 0 Å². The highest BCUT2D eigenvalue weighted by Crippen LogP contribution is 2.17. The van der Waals surface area contributed by atoms with E-state index < -0.39 is 0 Å². The van der Waals surface area contributed by atoms with E-state index in [0.717, 1.165) is 12.5 Å². The van der Waals surface area contributed by atoms with Crippen LogP contribution in [0.25, 0.3) is 0 Å². The average Bonchev–Trinajstić information content (AvgIpc) is 2.69. The molecule has 1 unspecified atom stereocenters. The molecular weight excluding hydrogens is 160 g/mol. The monoisotopic (exact) mass is 176 g/mol. The number of nitrogens with zero attached hydrogens (tertiary/aromatic N) is 1. The standard InChI is InChI=1S/C11H16N2/c1-2-6-11(7-3-1)10-12-13-8-4-5-9-13/h1-2,4-5,8-9,11-12H,3,6-7,10H2. The Hall–Kier alpha value is -1.18. The Morgan fingerprint density at radius 3 is 2.77 bits per heavy atom. The van der Waals surface area contributed by atoms with E-state index in [9.17, 15) is 0 Å². The first-order valence-corrected chi connectivity index (χ1v) is 4.97. The van der Waals surface area contributed by atoms with Gasteiger partial charge in [0.2, 0.25) is 0 Å². The Balaban J connectivity index is 1.76. The number of allylic oxidation sites excluding steroid dienone is 2. The zero-order valence-corrected chi connectivity index (χ0v) is 7.82. The molecule has 0 saturated carbocycles. The molecule has 0 aliphatic heterocycles. The van der Waals surface area contributed by atoms with Gasteiger partial charge in [-0.25, -0.2) is 0 Å². The third-order valence-corrected chi connectivity index (χ3v) is 2.54. The van der Waals surface area contributed by atoms with Crippen LogP contribution in [0, 0.1) is 5.92 Å². The van der Waals surface area contributed by atoms with Crippen LogP contribution in [0.1, 0.15) is 19.3 Å². The van der Waals surface area contributed by atoms with Gasteiger partial charge in [-0.15, -0.1) is 0 Å². The summed E-state index contributed by atoms with van der Waals surface area (Å²) in [6.45, 7) is 1.08. The van der Waals surface area contributed by atoms with E-state index in [0.29, 0.717) is 0 Å².